The van der Waals surface area contributed by atoms with Gasteiger partial charge in [0.05, 0.1) is 0 Å². The number of benzene rings is 1. The molecule has 1 rings (SSSR count). The number of carbonyl (C=O) groups is 1. The zero-order valence-electron chi connectivity index (χ0n) is 12.1. The fraction of sp³-hybridized carbons (Fsp3) is 0.500. The lowest BCUT2D eigenvalue weighted by Crippen LogP contribution is -2.49. The molecule has 0 atom stereocenters. The maximum absolute atomic E-state index is 12.4. The van der Waals surface area contributed by atoms with E-state index in [0.717, 1.165) is 0 Å². The van der Waals surface area contributed by atoms with E-state index in [2.05, 4.69) is 4.74 Å². The summed E-state index contributed by atoms with van der Waals surface area (Å²) in [6, 6.07) is 5.72. The highest BCUT2D eigenvalue weighted by Crippen LogP contribution is 2.28. The van der Waals surface area contributed by atoms with Crippen molar-refractivity contribution in [3.8, 4) is 5.75 Å². The highest BCUT2D eigenvalue weighted by atomic mass is 19.4. The smallest absolute Gasteiger partial charge is 0.480 e. The minimum atomic E-state index is -4.78. The molecule has 4 nitrogen and oxygen atoms in total. The van der Waals surface area contributed by atoms with E-state index in [9.17, 15) is 23.1 Å². The number of halogens is 3. The molecular formula is C14H18F3NO3. The van der Waals surface area contributed by atoms with Gasteiger partial charge in [0.2, 0.25) is 0 Å². The second-order valence-electron chi connectivity index (χ2n) is 5.03. The third-order valence-corrected chi connectivity index (χ3v) is 3.26. The molecule has 0 aliphatic carbocycles. The molecule has 1 aromatic rings. The Morgan fingerprint density at radius 2 is 1.86 bits per heavy atom. The quantitative estimate of drug-likeness (QED) is 0.876. The van der Waals surface area contributed by atoms with E-state index in [0.29, 0.717) is 6.54 Å². The number of carboxylic acid groups (broad SMARTS) is 1. The van der Waals surface area contributed by atoms with Gasteiger partial charge in [-0.15, -0.1) is 13.2 Å². The van der Waals surface area contributed by atoms with Gasteiger partial charge < -0.3 is 9.84 Å². The summed E-state index contributed by atoms with van der Waals surface area (Å²) in [5.74, 6) is -1.36. The largest absolute Gasteiger partial charge is 0.573 e. The number of para-hydroxylation sites is 1. The molecule has 0 spiro atoms. The Kier molecular flexibility index (Phi) is 5.22. The number of alkyl halides is 3. The third-order valence-electron chi connectivity index (χ3n) is 3.26. The molecule has 1 aromatic carbocycles. The van der Waals surface area contributed by atoms with Crippen molar-refractivity contribution in [3.05, 3.63) is 29.8 Å². The van der Waals surface area contributed by atoms with E-state index >= 15 is 0 Å². The minimum Gasteiger partial charge on any atom is -0.480 e. The van der Waals surface area contributed by atoms with Crippen LogP contribution in [0.25, 0.3) is 0 Å². The van der Waals surface area contributed by atoms with Gasteiger partial charge >= 0.3 is 12.3 Å². The summed E-state index contributed by atoms with van der Waals surface area (Å²) in [6.07, 6.45) is -4.78. The Hall–Kier alpha value is -1.76. The van der Waals surface area contributed by atoms with Gasteiger partial charge in [0.25, 0.3) is 0 Å². The number of rotatable bonds is 6. The molecule has 7 heteroatoms. The van der Waals surface area contributed by atoms with Gasteiger partial charge in [-0.25, -0.2) is 0 Å². The normalized spacial score (nSPS) is 12.5. The molecule has 1 N–H and O–H groups in total. The van der Waals surface area contributed by atoms with Crippen LogP contribution in [0.1, 0.15) is 26.3 Å². The van der Waals surface area contributed by atoms with Crippen molar-refractivity contribution < 1.29 is 27.8 Å². The predicted octanol–water partition coefficient (Wildman–Crippen LogP) is 3.27. The van der Waals surface area contributed by atoms with Crippen molar-refractivity contribution in [1.82, 2.24) is 4.90 Å². The first kappa shape index (κ1) is 17.3. The molecule has 118 valence electrons. The van der Waals surface area contributed by atoms with Crippen LogP contribution in [0.3, 0.4) is 0 Å². The monoisotopic (exact) mass is 305 g/mol. The maximum atomic E-state index is 12.4. The van der Waals surface area contributed by atoms with Crippen molar-refractivity contribution in [3.63, 3.8) is 0 Å². The fourth-order valence-electron chi connectivity index (χ4n) is 1.90. The Bertz CT molecular complexity index is 500. The summed E-state index contributed by atoms with van der Waals surface area (Å²) in [4.78, 5) is 12.8. The van der Waals surface area contributed by atoms with Crippen LogP contribution >= 0.6 is 0 Å². The van der Waals surface area contributed by atoms with Gasteiger partial charge in [0.1, 0.15) is 11.3 Å². The van der Waals surface area contributed by atoms with Gasteiger partial charge in [-0.2, -0.15) is 0 Å². The third kappa shape index (κ3) is 4.63. The Balaban J connectivity index is 3.04. The van der Waals surface area contributed by atoms with E-state index in [1.807, 2.05) is 0 Å². The lowest BCUT2D eigenvalue weighted by atomic mass is 10.0. The summed E-state index contributed by atoms with van der Waals surface area (Å²) in [5, 5.41) is 9.22. The number of nitrogens with zero attached hydrogens (tertiary/aromatic N) is 1. The van der Waals surface area contributed by atoms with Crippen LogP contribution in [0, 0.1) is 0 Å². The van der Waals surface area contributed by atoms with Gasteiger partial charge in [-0.1, -0.05) is 25.1 Å². The summed E-state index contributed by atoms with van der Waals surface area (Å²) >= 11 is 0. The maximum Gasteiger partial charge on any atom is 0.573 e. The molecule has 0 heterocycles. The van der Waals surface area contributed by atoms with Crippen LogP contribution in [0.4, 0.5) is 13.2 Å². The standard InChI is InChI=1S/C14H18F3NO3/c1-4-18(13(2,3)12(19)20)9-10-7-5-6-8-11(10)21-14(15,16)17/h5-8H,4,9H2,1-3H3,(H,19,20). The Morgan fingerprint density at radius 3 is 2.33 bits per heavy atom. The lowest BCUT2D eigenvalue weighted by Gasteiger charge is -2.34. The summed E-state index contributed by atoms with van der Waals surface area (Å²) < 4.78 is 41.1. The molecule has 21 heavy (non-hydrogen) atoms. The average molecular weight is 305 g/mol. The topological polar surface area (TPSA) is 49.8 Å². The molecule has 0 radical (unpaired) electrons. The van der Waals surface area contributed by atoms with Gasteiger partial charge in [0.15, 0.2) is 0 Å². The van der Waals surface area contributed by atoms with Gasteiger partial charge in [-0.05, 0) is 26.5 Å². The van der Waals surface area contributed by atoms with E-state index in [1.165, 1.54) is 32.0 Å². The molecule has 0 bridgehead atoms. The Labute approximate surface area is 121 Å². The van der Waals surface area contributed by atoms with Crippen LogP contribution < -0.4 is 4.74 Å². The second-order valence-corrected chi connectivity index (χ2v) is 5.03. The van der Waals surface area contributed by atoms with Gasteiger partial charge in [0, 0.05) is 12.1 Å². The molecule has 0 amide bonds. The number of ether oxygens (including phenoxy) is 1. The zero-order chi connectivity index (χ0) is 16.3. The average Bonchev–Trinajstić information content (AvgIpc) is 2.35. The van der Waals surface area contributed by atoms with Crippen molar-refractivity contribution in [1.29, 1.82) is 0 Å². The SMILES string of the molecule is CCN(Cc1ccccc1OC(F)(F)F)C(C)(C)C(=O)O. The number of hydrogen-bond donors (Lipinski definition) is 1. The number of likely N-dealkylation sites (N-methyl/N-ethyl adjacent to an activating group) is 1. The molecule has 0 aliphatic rings. The molecule has 0 unspecified atom stereocenters. The van der Waals surface area contributed by atoms with E-state index in [4.69, 9.17) is 0 Å². The minimum absolute atomic E-state index is 0.0437. The Morgan fingerprint density at radius 1 is 1.29 bits per heavy atom. The van der Waals surface area contributed by atoms with Crippen LogP contribution in [0.2, 0.25) is 0 Å². The summed E-state index contributed by atoms with van der Waals surface area (Å²) in [7, 11) is 0. The van der Waals surface area contributed by atoms with Crippen molar-refractivity contribution in [2.75, 3.05) is 6.54 Å². The van der Waals surface area contributed by atoms with Crippen molar-refractivity contribution in [2.24, 2.45) is 0 Å². The van der Waals surface area contributed by atoms with Crippen LogP contribution in [-0.4, -0.2) is 34.4 Å². The van der Waals surface area contributed by atoms with E-state index in [-0.39, 0.29) is 17.9 Å². The number of aliphatic carboxylic acids is 1. The molecule has 0 saturated carbocycles. The lowest BCUT2D eigenvalue weighted by molar-refractivity contribution is -0.275. The first-order valence-electron chi connectivity index (χ1n) is 6.40. The first-order chi connectivity index (χ1) is 9.58. The molecular weight excluding hydrogens is 287 g/mol. The predicted molar refractivity (Wildman–Crippen MR) is 70.9 cm³/mol. The highest BCUT2D eigenvalue weighted by molar-refractivity contribution is 5.77. The highest BCUT2D eigenvalue weighted by Gasteiger charge is 2.35. The fourth-order valence-corrected chi connectivity index (χ4v) is 1.90. The van der Waals surface area contributed by atoms with E-state index in [1.54, 1.807) is 17.9 Å². The first-order valence-corrected chi connectivity index (χ1v) is 6.40. The van der Waals surface area contributed by atoms with Crippen LogP contribution in [0.15, 0.2) is 24.3 Å². The van der Waals surface area contributed by atoms with Crippen molar-refractivity contribution >= 4 is 5.97 Å². The summed E-state index contributed by atoms with van der Waals surface area (Å²) in [6.45, 7) is 5.18. The zero-order valence-corrected chi connectivity index (χ0v) is 12.1. The number of hydrogen-bond acceptors (Lipinski definition) is 3. The van der Waals surface area contributed by atoms with E-state index < -0.39 is 17.9 Å². The number of carboxylic acids is 1. The van der Waals surface area contributed by atoms with Crippen LogP contribution in [0.5, 0.6) is 5.75 Å². The van der Waals surface area contributed by atoms with Gasteiger partial charge in [-0.3, -0.25) is 9.69 Å². The summed E-state index contributed by atoms with van der Waals surface area (Å²) in [5.41, 5.74) is -0.911. The van der Waals surface area contributed by atoms with Crippen LogP contribution in [-0.2, 0) is 11.3 Å². The molecule has 0 aromatic heterocycles. The molecule has 0 fully saturated rings. The molecule has 0 saturated heterocycles. The van der Waals surface area contributed by atoms with Crippen molar-refractivity contribution in [2.45, 2.75) is 39.2 Å². The second kappa shape index (κ2) is 6.34. The molecule has 0 aliphatic heterocycles.